The molecule has 0 aliphatic carbocycles. The predicted molar refractivity (Wildman–Crippen MR) is 101 cm³/mol. The van der Waals surface area contributed by atoms with Gasteiger partial charge in [0.15, 0.2) is 0 Å². The van der Waals surface area contributed by atoms with Crippen LogP contribution in [0.3, 0.4) is 0 Å². The van der Waals surface area contributed by atoms with Gasteiger partial charge in [-0.3, -0.25) is 4.79 Å². The summed E-state index contributed by atoms with van der Waals surface area (Å²) in [7, 11) is 0. The molecule has 2 aromatic rings. The number of nitrogens with two attached hydrogens (primary N) is 1. The van der Waals surface area contributed by atoms with Gasteiger partial charge in [0, 0.05) is 28.8 Å². The summed E-state index contributed by atoms with van der Waals surface area (Å²) in [4.78, 5) is 14.5. The minimum atomic E-state index is 0. The molecular formula is C18H20BrClN2O. The van der Waals surface area contributed by atoms with Gasteiger partial charge in [-0.1, -0.05) is 40.2 Å². The lowest BCUT2D eigenvalue weighted by atomic mass is 9.99. The first-order valence-corrected chi connectivity index (χ1v) is 8.37. The number of aryl methyl sites for hydroxylation is 1. The lowest BCUT2D eigenvalue weighted by molar-refractivity contribution is -0.118. The third-order valence-corrected chi connectivity index (χ3v) is 4.93. The van der Waals surface area contributed by atoms with Crippen molar-refractivity contribution in [2.24, 2.45) is 0 Å². The normalized spacial score (nSPS) is 13.2. The molecule has 2 aromatic carbocycles. The zero-order chi connectivity index (χ0) is 15.5. The van der Waals surface area contributed by atoms with Crippen LogP contribution in [0, 0.1) is 0 Å². The van der Waals surface area contributed by atoms with Gasteiger partial charge < -0.3 is 10.6 Å². The Bertz CT molecular complexity index is 705. The molecule has 3 rings (SSSR count). The highest BCUT2D eigenvalue weighted by Gasteiger charge is 2.23. The molecule has 0 radical (unpaired) electrons. The van der Waals surface area contributed by atoms with Gasteiger partial charge in [0.25, 0.3) is 0 Å². The molecular weight excluding hydrogens is 376 g/mol. The second-order valence-corrected chi connectivity index (χ2v) is 6.44. The van der Waals surface area contributed by atoms with Crippen molar-refractivity contribution >= 4 is 45.6 Å². The van der Waals surface area contributed by atoms with Gasteiger partial charge >= 0.3 is 0 Å². The van der Waals surface area contributed by atoms with E-state index in [1.807, 2.05) is 41.3 Å². The summed E-state index contributed by atoms with van der Waals surface area (Å²) in [6.07, 6.45) is 3.18. The first-order valence-electron chi connectivity index (χ1n) is 7.58. The maximum atomic E-state index is 12.6. The first-order chi connectivity index (χ1) is 10.7. The van der Waals surface area contributed by atoms with Crippen molar-refractivity contribution < 1.29 is 4.79 Å². The van der Waals surface area contributed by atoms with Crippen LogP contribution in [0.5, 0.6) is 0 Å². The number of benzene rings is 2. The number of anilines is 2. The molecule has 1 heterocycles. The Labute approximate surface area is 151 Å². The Morgan fingerprint density at radius 1 is 1.17 bits per heavy atom. The highest BCUT2D eigenvalue weighted by molar-refractivity contribution is 9.10. The first kappa shape index (κ1) is 17.8. The van der Waals surface area contributed by atoms with Crippen LogP contribution in [0.2, 0.25) is 0 Å². The highest BCUT2D eigenvalue weighted by Crippen LogP contribution is 2.31. The number of nitrogen functional groups attached to an aromatic ring is 1. The van der Waals surface area contributed by atoms with Crippen LogP contribution in [-0.2, 0) is 17.6 Å². The summed E-state index contributed by atoms with van der Waals surface area (Å²) >= 11 is 3.54. The Hall–Kier alpha value is -1.52. The summed E-state index contributed by atoms with van der Waals surface area (Å²) in [5.41, 5.74) is 10.1. The summed E-state index contributed by atoms with van der Waals surface area (Å²) in [5, 5.41) is 0. The van der Waals surface area contributed by atoms with Gasteiger partial charge in [-0.25, -0.2) is 0 Å². The molecule has 0 atom stereocenters. The number of rotatable bonds is 3. The summed E-state index contributed by atoms with van der Waals surface area (Å²) < 4.78 is 1.06. The van der Waals surface area contributed by atoms with E-state index in [-0.39, 0.29) is 18.3 Å². The third kappa shape index (κ3) is 3.88. The van der Waals surface area contributed by atoms with E-state index in [4.69, 9.17) is 5.73 Å². The number of halogens is 2. The summed E-state index contributed by atoms with van der Waals surface area (Å²) in [6.45, 7) is 0.783. The number of amides is 1. The predicted octanol–water partition coefficient (Wildman–Crippen LogP) is 4.37. The molecule has 0 bridgehead atoms. The maximum Gasteiger partial charge on any atom is 0.227 e. The number of hydrogen-bond acceptors (Lipinski definition) is 2. The molecule has 5 heteroatoms. The van der Waals surface area contributed by atoms with Gasteiger partial charge in [0.2, 0.25) is 5.91 Å². The zero-order valence-electron chi connectivity index (χ0n) is 12.8. The van der Waals surface area contributed by atoms with E-state index in [9.17, 15) is 4.79 Å². The van der Waals surface area contributed by atoms with Crippen molar-refractivity contribution in [2.75, 3.05) is 17.2 Å². The van der Waals surface area contributed by atoms with Crippen LogP contribution in [0.4, 0.5) is 11.4 Å². The third-order valence-electron chi connectivity index (χ3n) is 4.15. The molecule has 1 aliphatic rings. The Balaban J connectivity index is 0.00000192. The van der Waals surface area contributed by atoms with E-state index in [2.05, 4.69) is 22.0 Å². The van der Waals surface area contributed by atoms with Crippen LogP contribution in [0.15, 0.2) is 46.9 Å². The molecule has 23 heavy (non-hydrogen) atoms. The highest BCUT2D eigenvalue weighted by atomic mass is 79.9. The number of fused-ring (bicyclic) bond motifs is 1. The monoisotopic (exact) mass is 394 g/mol. The second-order valence-electron chi connectivity index (χ2n) is 5.59. The van der Waals surface area contributed by atoms with E-state index in [0.717, 1.165) is 47.2 Å². The van der Waals surface area contributed by atoms with Crippen LogP contribution in [0.25, 0.3) is 0 Å². The minimum Gasteiger partial charge on any atom is -0.398 e. The Morgan fingerprint density at radius 2 is 1.96 bits per heavy atom. The SMILES string of the molecule is Cl.Nc1cccc2c1CCCN2C(=O)CCc1ccccc1Br. The number of nitrogens with zero attached hydrogens (tertiary/aromatic N) is 1. The van der Waals surface area contributed by atoms with Crippen molar-refractivity contribution in [3.8, 4) is 0 Å². The standard InChI is InChI=1S/C18H19BrN2O.ClH/c19-15-7-2-1-5-13(15)10-11-18(22)21-12-4-6-14-16(20)8-3-9-17(14)21;/h1-3,5,7-9H,4,6,10-12,20H2;1H. The lowest BCUT2D eigenvalue weighted by Crippen LogP contribution is -2.35. The molecule has 2 N–H and O–H groups in total. The number of carbonyl (C=O) groups is 1. The van der Waals surface area contributed by atoms with E-state index in [1.54, 1.807) is 0 Å². The average molecular weight is 396 g/mol. The lowest BCUT2D eigenvalue weighted by Gasteiger charge is -2.30. The van der Waals surface area contributed by atoms with Gasteiger partial charge in [-0.2, -0.15) is 0 Å². The molecule has 1 aliphatic heterocycles. The van der Waals surface area contributed by atoms with E-state index in [1.165, 1.54) is 5.56 Å². The topological polar surface area (TPSA) is 46.3 Å². The number of hydrogen-bond donors (Lipinski definition) is 1. The molecule has 1 amide bonds. The van der Waals surface area contributed by atoms with Crippen LogP contribution >= 0.6 is 28.3 Å². The van der Waals surface area contributed by atoms with Gasteiger partial charge in [-0.05, 0) is 48.6 Å². The Kier molecular flexibility index (Phi) is 6.08. The molecule has 3 nitrogen and oxygen atoms in total. The molecule has 0 saturated carbocycles. The average Bonchev–Trinajstić information content (AvgIpc) is 2.54. The van der Waals surface area contributed by atoms with Crippen molar-refractivity contribution in [1.29, 1.82) is 0 Å². The fourth-order valence-electron chi connectivity index (χ4n) is 2.99. The molecule has 0 saturated heterocycles. The second kappa shape index (κ2) is 7.84. The molecule has 0 fully saturated rings. The van der Waals surface area contributed by atoms with Crippen LogP contribution < -0.4 is 10.6 Å². The van der Waals surface area contributed by atoms with Crippen molar-refractivity contribution in [3.05, 3.63) is 58.1 Å². The van der Waals surface area contributed by atoms with Gasteiger partial charge in [0.1, 0.15) is 0 Å². The molecule has 0 aromatic heterocycles. The summed E-state index contributed by atoms with van der Waals surface area (Å²) in [6, 6.07) is 13.9. The van der Waals surface area contributed by atoms with Crippen molar-refractivity contribution in [1.82, 2.24) is 0 Å². The Morgan fingerprint density at radius 3 is 2.74 bits per heavy atom. The molecule has 0 spiro atoms. The quantitative estimate of drug-likeness (QED) is 0.785. The fourth-order valence-corrected chi connectivity index (χ4v) is 3.47. The molecule has 0 unspecified atom stereocenters. The van der Waals surface area contributed by atoms with Crippen LogP contribution in [-0.4, -0.2) is 12.5 Å². The minimum absolute atomic E-state index is 0. The van der Waals surface area contributed by atoms with Gasteiger partial charge in [-0.15, -0.1) is 12.4 Å². The smallest absolute Gasteiger partial charge is 0.227 e. The van der Waals surface area contributed by atoms with Gasteiger partial charge in [0.05, 0.1) is 0 Å². The molecule has 122 valence electrons. The van der Waals surface area contributed by atoms with E-state index in [0.29, 0.717) is 6.42 Å². The zero-order valence-corrected chi connectivity index (χ0v) is 15.2. The van der Waals surface area contributed by atoms with Crippen molar-refractivity contribution in [2.45, 2.75) is 25.7 Å². The fraction of sp³-hybridized carbons (Fsp3) is 0.278. The van der Waals surface area contributed by atoms with Crippen LogP contribution in [0.1, 0.15) is 24.0 Å². The van der Waals surface area contributed by atoms with E-state index >= 15 is 0 Å². The summed E-state index contributed by atoms with van der Waals surface area (Å²) in [5.74, 6) is 0.169. The van der Waals surface area contributed by atoms with Crippen molar-refractivity contribution in [3.63, 3.8) is 0 Å². The largest absolute Gasteiger partial charge is 0.398 e. The van der Waals surface area contributed by atoms with E-state index < -0.39 is 0 Å². The number of carbonyl (C=O) groups excluding carboxylic acids is 1. The maximum absolute atomic E-state index is 12.6.